The Morgan fingerprint density at radius 3 is 2.46 bits per heavy atom. The number of nitrogens with one attached hydrogen (secondary N) is 1. The van der Waals surface area contributed by atoms with Gasteiger partial charge in [0.1, 0.15) is 11.6 Å². The Kier molecular flexibility index (Phi) is 5.63. The molecule has 0 heterocycles. The van der Waals surface area contributed by atoms with Gasteiger partial charge in [-0.2, -0.15) is 0 Å². The average Bonchev–Trinajstić information content (AvgIpc) is 2.53. The van der Waals surface area contributed by atoms with Crippen LogP contribution in [0.15, 0.2) is 36.4 Å². The van der Waals surface area contributed by atoms with E-state index < -0.39 is 35.7 Å². The molecule has 24 heavy (non-hydrogen) atoms. The summed E-state index contributed by atoms with van der Waals surface area (Å²) in [6.45, 7) is 3.72. The molecular weight excluding hydrogens is 316 g/mol. The van der Waals surface area contributed by atoms with Crippen molar-refractivity contribution in [1.29, 1.82) is 0 Å². The standard InChI is InChI=1S/C18H17F2NO3/c1-11-3-4-13(7-12(11)2)9-21-17(22)10-24-18(23)15-6-5-14(19)8-16(15)20/h3-8H,9-10H2,1-2H3,(H,21,22). The van der Waals surface area contributed by atoms with Gasteiger partial charge < -0.3 is 10.1 Å². The topological polar surface area (TPSA) is 55.4 Å². The van der Waals surface area contributed by atoms with Crippen LogP contribution in [0.25, 0.3) is 0 Å². The maximum absolute atomic E-state index is 13.4. The van der Waals surface area contributed by atoms with Crippen LogP contribution in [0.4, 0.5) is 8.78 Å². The van der Waals surface area contributed by atoms with E-state index in [9.17, 15) is 18.4 Å². The fourth-order valence-corrected chi connectivity index (χ4v) is 2.03. The molecule has 0 aromatic heterocycles. The molecule has 1 N–H and O–H groups in total. The smallest absolute Gasteiger partial charge is 0.341 e. The van der Waals surface area contributed by atoms with Crippen molar-refractivity contribution in [3.63, 3.8) is 0 Å². The van der Waals surface area contributed by atoms with Crippen molar-refractivity contribution in [2.45, 2.75) is 20.4 Å². The first-order valence-corrected chi connectivity index (χ1v) is 7.32. The SMILES string of the molecule is Cc1ccc(CNC(=O)COC(=O)c2ccc(F)cc2F)cc1C. The van der Waals surface area contributed by atoms with Crippen LogP contribution in [0.5, 0.6) is 0 Å². The minimum atomic E-state index is -1.03. The zero-order valence-electron chi connectivity index (χ0n) is 13.4. The van der Waals surface area contributed by atoms with E-state index in [4.69, 9.17) is 4.74 Å². The summed E-state index contributed by atoms with van der Waals surface area (Å²) in [7, 11) is 0. The van der Waals surface area contributed by atoms with E-state index in [-0.39, 0.29) is 0 Å². The minimum Gasteiger partial charge on any atom is -0.452 e. The number of benzene rings is 2. The second-order valence-electron chi connectivity index (χ2n) is 5.40. The second-order valence-corrected chi connectivity index (χ2v) is 5.40. The number of carbonyl (C=O) groups is 2. The highest BCUT2D eigenvalue weighted by molar-refractivity contribution is 5.91. The monoisotopic (exact) mass is 333 g/mol. The van der Waals surface area contributed by atoms with Crippen LogP contribution in [-0.4, -0.2) is 18.5 Å². The number of halogens is 2. The normalized spacial score (nSPS) is 10.3. The van der Waals surface area contributed by atoms with Crippen LogP contribution in [0.1, 0.15) is 27.0 Å². The summed E-state index contributed by atoms with van der Waals surface area (Å²) in [6.07, 6.45) is 0. The lowest BCUT2D eigenvalue weighted by Crippen LogP contribution is -2.28. The summed E-state index contributed by atoms with van der Waals surface area (Å²) >= 11 is 0. The van der Waals surface area contributed by atoms with Gasteiger partial charge in [-0.05, 0) is 42.7 Å². The predicted octanol–water partition coefficient (Wildman–Crippen LogP) is 3.05. The molecule has 0 aliphatic heterocycles. The van der Waals surface area contributed by atoms with E-state index in [0.29, 0.717) is 12.6 Å². The number of rotatable bonds is 5. The summed E-state index contributed by atoms with van der Waals surface area (Å²) in [6, 6.07) is 8.29. The van der Waals surface area contributed by atoms with Crippen LogP contribution < -0.4 is 5.32 Å². The van der Waals surface area contributed by atoms with Gasteiger partial charge in [0.25, 0.3) is 5.91 Å². The molecule has 0 aliphatic carbocycles. The van der Waals surface area contributed by atoms with Gasteiger partial charge >= 0.3 is 5.97 Å². The molecule has 2 aromatic carbocycles. The summed E-state index contributed by atoms with van der Waals surface area (Å²) in [5, 5.41) is 2.61. The summed E-state index contributed by atoms with van der Waals surface area (Å²) in [5.74, 6) is -3.36. The Labute approximate surface area is 138 Å². The van der Waals surface area contributed by atoms with E-state index in [0.717, 1.165) is 28.8 Å². The van der Waals surface area contributed by atoms with Gasteiger partial charge in [0, 0.05) is 12.6 Å². The highest BCUT2D eigenvalue weighted by Gasteiger charge is 2.15. The Balaban J connectivity index is 1.84. The van der Waals surface area contributed by atoms with Crippen molar-refractivity contribution in [2.24, 2.45) is 0 Å². The molecule has 1 amide bonds. The number of hydrogen-bond donors (Lipinski definition) is 1. The summed E-state index contributed by atoms with van der Waals surface area (Å²) in [5.41, 5.74) is 2.76. The van der Waals surface area contributed by atoms with Crippen molar-refractivity contribution in [1.82, 2.24) is 5.32 Å². The fourth-order valence-electron chi connectivity index (χ4n) is 2.03. The first-order chi connectivity index (χ1) is 11.4. The Bertz CT molecular complexity index is 775. The molecule has 2 rings (SSSR count). The van der Waals surface area contributed by atoms with Crippen LogP contribution in [0.2, 0.25) is 0 Å². The van der Waals surface area contributed by atoms with Gasteiger partial charge in [-0.25, -0.2) is 13.6 Å². The third-order valence-corrected chi connectivity index (χ3v) is 3.55. The van der Waals surface area contributed by atoms with Crippen LogP contribution in [0, 0.1) is 25.5 Å². The van der Waals surface area contributed by atoms with E-state index in [1.54, 1.807) is 0 Å². The fraction of sp³-hybridized carbons (Fsp3) is 0.222. The Hall–Kier alpha value is -2.76. The number of carbonyl (C=O) groups excluding carboxylic acids is 2. The maximum atomic E-state index is 13.4. The van der Waals surface area contributed by atoms with Crippen molar-refractivity contribution < 1.29 is 23.1 Å². The van der Waals surface area contributed by atoms with E-state index in [1.165, 1.54) is 0 Å². The lowest BCUT2D eigenvalue weighted by Gasteiger charge is -2.08. The molecule has 0 saturated carbocycles. The number of ether oxygens (including phenoxy) is 1. The van der Waals surface area contributed by atoms with Crippen LogP contribution >= 0.6 is 0 Å². The maximum Gasteiger partial charge on any atom is 0.341 e. The quantitative estimate of drug-likeness (QED) is 0.856. The van der Waals surface area contributed by atoms with Gasteiger partial charge in [-0.15, -0.1) is 0 Å². The van der Waals surface area contributed by atoms with Gasteiger partial charge in [-0.3, -0.25) is 4.79 Å². The largest absolute Gasteiger partial charge is 0.452 e. The van der Waals surface area contributed by atoms with Gasteiger partial charge in [0.2, 0.25) is 0 Å². The molecular formula is C18H17F2NO3. The van der Waals surface area contributed by atoms with Crippen molar-refractivity contribution in [2.75, 3.05) is 6.61 Å². The first-order valence-electron chi connectivity index (χ1n) is 7.32. The average molecular weight is 333 g/mol. The first kappa shape index (κ1) is 17.6. The third-order valence-electron chi connectivity index (χ3n) is 3.55. The lowest BCUT2D eigenvalue weighted by atomic mass is 10.1. The number of esters is 1. The molecule has 126 valence electrons. The summed E-state index contributed by atoms with van der Waals surface area (Å²) < 4.78 is 30.9. The van der Waals surface area contributed by atoms with Gasteiger partial charge in [0.05, 0.1) is 5.56 Å². The van der Waals surface area contributed by atoms with Crippen molar-refractivity contribution in [3.05, 3.63) is 70.3 Å². The zero-order valence-corrected chi connectivity index (χ0v) is 13.4. The van der Waals surface area contributed by atoms with Gasteiger partial charge in [-0.1, -0.05) is 18.2 Å². The molecule has 4 nitrogen and oxygen atoms in total. The molecule has 0 aliphatic rings. The Morgan fingerprint density at radius 1 is 1.04 bits per heavy atom. The lowest BCUT2D eigenvalue weighted by molar-refractivity contribution is -0.124. The number of amides is 1. The van der Waals surface area contributed by atoms with Gasteiger partial charge in [0.15, 0.2) is 6.61 Å². The third kappa shape index (κ3) is 4.62. The molecule has 0 atom stereocenters. The summed E-state index contributed by atoms with van der Waals surface area (Å²) in [4.78, 5) is 23.4. The molecule has 2 aromatic rings. The van der Waals surface area contributed by atoms with E-state index >= 15 is 0 Å². The highest BCUT2D eigenvalue weighted by atomic mass is 19.1. The molecule has 0 fully saturated rings. The Morgan fingerprint density at radius 2 is 1.79 bits per heavy atom. The van der Waals surface area contributed by atoms with E-state index in [1.807, 2.05) is 32.0 Å². The number of hydrogen-bond acceptors (Lipinski definition) is 3. The van der Waals surface area contributed by atoms with Crippen molar-refractivity contribution in [3.8, 4) is 0 Å². The van der Waals surface area contributed by atoms with Crippen molar-refractivity contribution >= 4 is 11.9 Å². The van der Waals surface area contributed by atoms with Crippen LogP contribution in [0.3, 0.4) is 0 Å². The highest BCUT2D eigenvalue weighted by Crippen LogP contribution is 2.11. The minimum absolute atomic E-state index is 0.294. The predicted molar refractivity (Wildman–Crippen MR) is 84.4 cm³/mol. The van der Waals surface area contributed by atoms with Crippen LogP contribution in [-0.2, 0) is 16.1 Å². The number of aryl methyl sites for hydroxylation is 2. The molecule has 0 saturated heterocycles. The zero-order chi connectivity index (χ0) is 17.7. The molecule has 0 spiro atoms. The van der Waals surface area contributed by atoms with E-state index in [2.05, 4.69) is 5.32 Å². The molecule has 0 unspecified atom stereocenters. The molecule has 0 radical (unpaired) electrons. The second kappa shape index (κ2) is 7.68. The molecule has 6 heteroatoms. The molecule has 0 bridgehead atoms.